The molecular weight excluding hydrogens is 220 g/mol. The molecule has 0 saturated carbocycles. The van der Waals surface area contributed by atoms with Crippen LogP contribution in [0.1, 0.15) is 64.4 Å². The zero-order valence-electron chi connectivity index (χ0n) is 12.1. The van der Waals surface area contributed by atoms with Crippen molar-refractivity contribution >= 4 is 0 Å². The lowest BCUT2D eigenvalue weighted by Gasteiger charge is -2.07. The molecule has 0 unspecified atom stereocenters. The first-order valence-electron chi connectivity index (χ1n) is 7.58. The average Bonchev–Trinajstić information content (AvgIpc) is 2.40. The topological polar surface area (TPSA) is 9.23 Å². The lowest BCUT2D eigenvalue weighted by atomic mass is 10.1. The minimum Gasteiger partial charge on any atom is -0.494 e. The molecule has 0 radical (unpaired) electrons. The van der Waals surface area contributed by atoms with Crippen molar-refractivity contribution in [1.29, 1.82) is 0 Å². The predicted octanol–water partition coefficient (Wildman–Crippen LogP) is 5.38. The molecule has 0 saturated heterocycles. The molecule has 0 heterocycles. The van der Waals surface area contributed by atoms with Crippen LogP contribution in [0.4, 0.5) is 0 Å². The van der Waals surface area contributed by atoms with Crippen LogP contribution in [0.15, 0.2) is 24.3 Å². The molecule has 0 amide bonds. The molecular formula is C17H28O. The van der Waals surface area contributed by atoms with Gasteiger partial charge in [-0.3, -0.25) is 0 Å². The summed E-state index contributed by atoms with van der Waals surface area (Å²) < 4.78 is 5.75. The number of benzene rings is 1. The normalized spacial score (nSPS) is 10.6. The van der Waals surface area contributed by atoms with Gasteiger partial charge in [0, 0.05) is 0 Å². The van der Waals surface area contributed by atoms with Crippen LogP contribution in [-0.2, 0) is 6.42 Å². The Morgan fingerprint density at radius 3 is 2.11 bits per heavy atom. The summed E-state index contributed by atoms with van der Waals surface area (Å²) in [4.78, 5) is 0. The van der Waals surface area contributed by atoms with E-state index in [1.54, 1.807) is 0 Å². The van der Waals surface area contributed by atoms with E-state index in [4.69, 9.17) is 4.74 Å². The fourth-order valence-electron chi connectivity index (χ4n) is 2.11. The van der Waals surface area contributed by atoms with Crippen LogP contribution in [-0.4, -0.2) is 6.61 Å². The molecule has 0 fully saturated rings. The Kier molecular flexibility index (Phi) is 8.37. The van der Waals surface area contributed by atoms with E-state index < -0.39 is 0 Å². The number of rotatable bonds is 10. The van der Waals surface area contributed by atoms with Gasteiger partial charge < -0.3 is 4.74 Å². The van der Waals surface area contributed by atoms with Crippen LogP contribution in [0.25, 0.3) is 0 Å². The van der Waals surface area contributed by atoms with Crippen LogP contribution in [0.2, 0.25) is 0 Å². The van der Waals surface area contributed by atoms with E-state index in [1.807, 2.05) is 0 Å². The maximum absolute atomic E-state index is 5.75. The summed E-state index contributed by atoms with van der Waals surface area (Å²) in [5, 5.41) is 0. The van der Waals surface area contributed by atoms with Crippen molar-refractivity contribution in [3.8, 4) is 5.75 Å². The lowest BCUT2D eigenvalue weighted by Crippen LogP contribution is -1.97. The molecule has 0 bridgehead atoms. The second kappa shape index (κ2) is 9.99. The van der Waals surface area contributed by atoms with Crippen LogP contribution in [0.5, 0.6) is 5.75 Å². The molecule has 0 aliphatic carbocycles. The van der Waals surface area contributed by atoms with Gasteiger partial charge in [0.2, 0.25) is 0 Å². The SMILES string of the molecule is CCCCCCCCOc1ccc(CCC)cc1. The third-order valence-corrected chi connectivity index (χ3v) is 3.23. The largest absolute Gasteiger partial charge is 0.494 e. The molecule has 1 aromatic carbocycles. The van der Waals surface area contributed by atoms with Crippen LogP contribution in [0, 0.1) is 0 Å². The molecule has 1 nitrogen and oxygen atoms in total. The van der Waals surface area contributed by atoms with Gasteiger partial charge in [-0.1, -0.05) is 64.5 Å². The summed E-state index contributed by atoms with van der Waals surface area (Å²) in [6.45, 7) is 5.33. The Bertz CT molecular complexity index is 289. The van der Waals surface area contributed by atoms with E-state index >= 15 is 0 Å². The van der Waals surface area contributed by atoms with Crippen molar-refractivity contribution in [2.75, 3.05) is 6.61 Å². The van der Waals surface area contributed by atoms with E-state index in [9.17, 15) is 0 Å². The summed E-state index contributed by atoms with van der Waals surface area (Å²) in [7, 11) is 0. The summed E-state index contributed by atoms with van der Waals surface area (Å²) in [5.74, 6) is 1.02. The van der Waals surface area contributed by atoms with E-state index in [1.165, 1.54) is 50.5 Å². The molecule has 0 aliphatic heterocycles. The van der Waals surface area contributed by atoms with Crippen molar-refractivity contribution in [1.82, 2.24) is 0 Å². The minimum absolute atomic E-state index is 0.860. The third-order valence-electron chi connectivity index (χ3n) is 3.23. The highest BCUT2D eigenvalue weighted by atomic mass is 16.5. The first kappa shape index (κ1) is 15.1. The first-order chi connectivity index (χ1) is 8.86. The van der Waals surface area contributed by atoms with Crippen molar-refractivity contribution in [3.05, 3.63) is 29.8 Å². The number of ether oxygens (including phenoxy) is 1. The highest BCUT2D eigenvalue weighted by Crippen LogP contribution is 2.14. The highest BCUT2D eigenvalue weighted by molar-refractivity contribution is 5.27. The van der Waals surface area contributed by atoms with Crippen molar-refractivity contribution in [3.63, 3.8) is 0 Å². The number of unbranched alkanes of at least 4 members (excludes halogenated alkanes) is 5. The maximum Gasteiger partial charge on any atom is 0.119 e. The zero-order valence-corrected chi connectivity index (χ0v) is 12.1. The Hall–Kier alpha value is -0.980. The molecule has 1 rings (SSSR count). The van der Waals surface area contributed by atoms with E-state index in [2.05, 4.69) is 38.1 Å². The molecule has 0 aromatic heterocycles. The summed E-state index contributed by atoms with van der Waals surface area (Å²) in [6, 6.07) is 8.56. The summed E-state index contributed by atoms with van der Waals surface area (Å²) >= 11 is 0. The van der Waals surface area contributed by atoms with Crippen LogP contribution >= 0.6 is 0 Å². The van der Waals surface area contributed by atoms with Crippen LogP contribution in [0.3, 0.4) is 0 Å². The molecule has 1 aromatic rings. The standard InChI is InChI=1S/C17H28O/c1-3-5-6-7-8-9-15-18-17-13-11-16(10-4-2)12-14-17/h11-14H,3-10,15H2,1-2H3. The van der Waals surface area contributed by atoms with Gasteiger partial charge in [-0.05, 0) is 30.5 Å². The monoisotopic (exact) mass is 248 g/mol. The Balaban J connectivity index is 2.08. The lowest BCUT2D eigenvalue weighted by molar-refractivity contribution is 0.304. The number of hydrogen-bond acceptors (Lipinski definition) is 1. The Morgan fingerprint density at radius 2 is 1.44 bits per heavy atom. The Morgan fingerprint density at radius 1 is 0.778 bits per heavy atom. The molecule has 1 heteroatoms. The molecule has 102 valence electrons. The van der Waals surface area contributed by atoms with Crippen molar-refractivity contribution < 1.29 is 4.74 Å². The quantitative estimate of drug-likeness (QED) is 0.505. The fourth-order valence-corrected chi connectivity index (χ4v) is 2.11. The van der Waals surface area contributed by atoms with Gasteiger partial charge in [0.25, 0.3) is 0 Å². The third kappa shape index (κ3) is 6.68. The number of hydrogen-bond donors (Lipinski definition) is 0. The summed E-state index contributed by atoms with van der Waals surface area (Å²) in [5.41, 5.74) is 1.41. The smallest absolute Gasteiger partial charge is 0.119 e. The first-order valence-corrected chi connectivity index (χ1v) is 7.58. The van der Waals surface area contributed by atoms with Gasteiger partial charge in [-0.25, -0.2) is 0 Å². The summed E-state index contributed by atoms with van der Waals surface area (Å²) in [6.07, 6.45) is 10.3. The second-order valence-electron chi connectivity index (χ2n) is 5.01. The van der Waals surface area contributed by atoms with Gasteiger partial charge in [-0.15, -0.1) is 0 Å². The molecule has 0 spiro atoms. The van der Waals surface area contributed by atoms with Crippen molar-refractivity contribution in [2.45, 2.75) is 65.2 Å². The van der Waals surface area contributed by atoms with Gasteiger partial charge in [-0.2, -0.15) is 0 Å². The molecule has 0 N–H and O–H groups in total. The highest BCUT2D eigenvalue weighted by Gasteiger charge is 1.95. The fraction of sp³-hybridized carbons (Fsp3) is 0.647. The predicted molar refractivity (Wildman–Crippen MR) is 79.3 cm³/mol. The van der Waals surface area contributed by atoms with Gasteiger partial charge in [0.15, 0.2) is 0 Å². The van der Waals surface area contributed by atoms with Crippen LogP contribution < -0.4 is 4.74 Å². The number of aryl methyl sites for hydroxylation is 1. The van der Waals surface area contributed by atoms with E-state index in [0.717, 1.165) is 18.8 Å². The zero-order chi connectivity index (χ0) is 13.1. The average molecular weight is 248 g/mol. The van der Waals surface area contributed by atoms with Gasteiger partial charge in [0.05, 0.1) is 6.61 Å². The van der Waals surface area contributed by atoms with E-state index in [0.29, 0.717) is 0 Å². The molecule has 0 aliphatic rings. The molecule has 0 atom stereocenters. The maximum atomic E-state index is 5.75. The van der Waals surface area contributed by atoms with E-state index in [-0.39, 0.29) is 0 Å². The van der Waals surface area contributed by atoms with Gasteiger partial charge in [0.1, 0.15) is 5.75 Å². The van der Waals surface area contributed by atoms with Crippen molar-refractivity contribution in [2.24, 2.45) is 0 Å². The molecule has 18 heavy (non-hydrogen) atoms. The Labute approximate surface area is 113 Å². The second-order valence-corrected chi connectivity index (χ2v) is 5.01. The van der Waals surface area contributed by atoms with Gasteiger partial charge >= 0.3 is 0 Å². The minimum atomic E-state index is 0.860.